The van der Waals surface area contributed by atoms with Crippen molar-refractivity contribution in [2.45, 2.75) is 53.5 Å². The van der Waals surface area contributed by atoms with E-state index in [1.54, 1.807) is 13.0 Å². The van der Waals surface area contributed by atoms with Gasteiger partial charge in [0.2, 0.25) is 5.89 Å². The molecule has 9 nitrogen and oxygen atoms in total. The van der Waals surface area contributed by atoms with Crippen LogP contribution < -0.4 is 5.32 Å². The first-order chi connectivity index (χ1) is 14.1. The van der Waals surface area contributed by atoms with Crippen LogP contribution in [-0.2, 0) is 12.0 Å². The van der Waals surface area contributed by atoms with Crippen molar-refractivity contribution < 1.29 is 18.3 Å². The summed E-state index contributed by atoms with van der Waals surface area (Å²) in [6.07, 6.45) is 0. The van der Waals surface area contributed by atoms with E-state index >= 15 is 0 Å². The van der Waals surface area contributed by atoms with Crippen LogP contribution in [0.4, 0.5) is 0 Å². The number of carbonyl (C=O) groups excluding carboxylic acids is 1. The number of nitrogens with one attached hydrogen (secondary N) is 1. The van der Waals surface area contributed by atoms with Crippen LogP contribution in [-0.4, -0.2) is 26.2 Å². The molecule has 30 heavy (non-hydrogen) atoms. The van der Waals surface area contributed by atoms with Crippen molar-refractivity contribution in [1.82, 2.24) is 25.6 Å². The van der Waals surface area contributed by atoms with Crippen LogP contribution in [0, 0.1) is 20.8 Å². The van der Waals surface area contributed by atoms with Gasteiger partial charge in [0, 0.05) is 11.0 Å². The van der Waals surface area contributed by atoms with E-state index in [1.165, 1.54) is 0 Å². The summed E-state index contributed by atoms with van der Waals surface area (Å²) in [5.41, 5.74) is 2.40. The van der Waals surface area contributed by atoms with Gasteiger partial charge in [-0.2, -0.15) is 4.98 Å². The van der Waals surface area contributed by atoms with Crippen molar-refractivity contribution in [1.29, 1.82) is 0 Å². The lowest BCUT2D eigenvalue weighted by Crippen LogP contribution is -2.24. The molecule has 156 valence electrons. The third-order valence-electron chi connectivity index (χ3n) is 4.70. The average Bonchev–Trinajstić information content (AvgIpc) is 3.38. The number of amides is 1. The Morgan fingerprint density at radius 2 is 1.83 bits per heavy atom. The van der Waals surface area contributed by atoms with Crippen LogP contribution in [0.2, 0.25) is 0 Å². The maximum absolute atomic E-state index is 13.0. The Labute approximate surface area is 172 Å². The highest BCUT2D eigenvalue weighted by Crippen LogP contribution is 2.30. The lowest BCUT2D eigenvalue weighted by molar-refractivity contribution is 0.0951. The molecule has 0 aliphatic rings. The second-order valence-corrected chi connectivity index (χ2v) is 8.28. The zero-order valence-electron chi connectivity index (χ0n) is 17.8. The quantitative estimate of drug-likeness (QED) is 0.536. The summed E-state index contributed by atoms with van der Waals surface area (Å²) in [5, 5.41) is 11.3. The second kappa shape index (κ2) is 7.08. The second-order valence-electron chi connectivity index (χ2n) is 8.28. The minimum absolute atomic E-state index is 0.131. The predicted octanol–water partition coefficient (Wildman–Crippen LogP) is 4.02. The van der Waals surface area contributed by atoms with Gasteiger partial charge in [0.1, 0.15) is 11.5 Å². The van der Waals surface area contributed by atoms with Crippen molar-refractivity contribution in [2.75, 3.05) is 0 Å². The maximum Gasteiger partial charge on any atom is 0.259 e. The molecule has 0 fully saturated rings. The van der Waals surface area contributed by atoms with Crippen molar-refractivity contribution >= 4 is 17.0 Å². The Kier molecular flexibility index (Phi) is 4.68. The lowest BCUT2D eigenvalue weighted by Gasteiger charge is -2.10. The molecule has 0 atom stereocenters. The molecule has 0 aliphatic heterocycles. The highest BCUT2D eigenvalue weighted by Gasteiger charge is 2.23. The third-order valence-corrected chi connectivity index (χ3v) is 4.70. The van der Waals surface area contributed by atoms with E-state index in [4.69, 9.17) is 13.5 Å². The topological polar surface area (TPSA) is 120 Å². The molecule has 0 unspecified atom stereocenters. The largest absolute Gasteiger partial charge is 0.466 e. The smallest absolute Gasteiger partial charge is 0.259 e. The summed E-state index contributed by atoms with van der Waals surface area (Å²) in [5.74, 6) is 2.08. The average molecular weight is 409 g/mol. The first kappa shape index (κ1) is 19.8. The molecule has 4 aromatic heterocycles. The normalized spacial score (nSPS) is 11.9. The van der Waals surface area contributed by atoms with Crippen LogP contribution >= 0.6 is 0 Å². The Hall–Kier alpha value is -3.49. The predicted molar refractivity (Wildman–Crippen MR) is 108 cm³/mol. The number of fused-ring (bicyclic) bond motifs is 1. The third kappa shape index (κ3) is 3.58. The molecule has 4 heterocycles. The number of nitrogens with zero attached hydrogens (tertiary/aromatic N) is 4. The van der Waals surface area contributed by atoms with Crippen molar-refractivity contribution in [3.63, 3.8) is 0 Å². The molecule has 4 aromatic rings. The summed E-state index contributed by atoms with van der Waals surface area (Å²) < 4.78 is 16.2. The van der Waals surface area contributed by atoms with Crippen LogP contribution in [0.15, 0.2) is 25.6 Å². The zero-order chi connectivity index (χ0) is 21.6. The van der Waals surface area contributed by atoms with Gasteiger partial charge in [0.25, 0.3) is 11.6 Å². The summed E-state index contributed by atoms with van der Waals surface area (Å²) in [6.45, 7) is 11.5. The summed E-state index contributed by atoms with van der Waals surface area (Å²) >= 11 is 0. The SMILES string of the molecule is Cc1cc(-c2cc(C(=O)NCc3noc(C(C)(C)C)n3)c3c(C)noc3n2)c(C)o1. The highest BCUT2D eigenvalue weighted by molar-refractivity contribution is 6.07. The fourth-order valence-corrected chi connectivity index (χ4v) is 3.18. The number of furan rings is 1. The molecule has 0 saturated heterocycles. The van der Waals surface area contributed by atoms with E-state index in [1.807, 2.05) is 40.7 Å². The van der Waals surface area contributed by atoms with Gasteiger partial charge >= 0.3 is 0 Å². The van der Waals surface area contributed by atoms with Gasteiger partial charge < -0.3 is 18.8 Å². The minimum atomic E-state index is -0.310. The van der Waals surface area contributed by atoms with E-state index in [0.29, 0.717) is 45.5 Å². The van der Waals surface area contributed by atoms with Gasteiger partial charge in [0.05, 0.1) is 28.9 Å². The fourth-order valence-electron chi connectivity index (χ4n) is 3.18. The Bertz CT molecular complexity index is 1240. The van der Waals surface area contributed by atoms with Gasteiger partial charge in [-0.1, -0.05) is 31.1 Å². The molecule has 1 N–H and O–H groups in total. The van der Waals surface area contributed by atoms with Crippen LogP contribution in [0.1, 0.15) is 60.1 Å². The van der Waals surface area contributed by atoms with Crippen LogP contribution in [0.5, 0.6) is 0 Å². The number of hydrogen-bond acceptors (Lipinski definition) is 8. The molecule has 0 aliphatic carbocycles. The molecule has 0 saturated carbocycles. The summed E-state index contributed by atoms with van der Waals surface area (Å²) in [7, 11) is 0. The monoisotopic (exact) mass is 409 g/mol. The molecule has 9 heteroatoms. The van der Waals surface area contributed by atoms with Gasteiger partial charge in [0.15, 0.2) is 5.82 Å². The summed E-state index contributed by atoms with van der Waals surface area (Å²) in [6, 6.07) is 3.59. The molecule has 0 spiro atoms. The van der Waals surface area contributed by atoms with Crippen molar-refractivity contribution in [2.24, 2.45) is 0 Å². The van der Waals surface area contributed by atoms with E-state index in [-0.39, 0.29) is 17.9 Å². The molecule has 0 radical (unpaired) electrons. The van der Waals surface area contributed by atoms with Gasteiger partial charge in [-0.05, 0) is 32.9 Å². The highest BCUT2D eigenvalue weighted by atomic mass is 16.5. The number of aromatic nitrogens is 4. The van der Waals surface area contributed by atoms with Crippen molar-refractivity contribution in [3.05, 3.63) is 46.6 Å². The number of carbonyl (C=O) groups is 1. The molecule has 1 amide bonds. The van der Waals surface area contributed by atoms with Gasteiger partial charge in [-0.3, -0.25) is 4.79 Å². The Balaban J connectivity index is 1.67. The van der Waals surface area contributed by atoms with Crippen molar-refractivity contribution in [3.8, 4) is 11.3 Å². The van der Waals surface area contributed by atoms with E-state index in [9.17, 15) is 4.79 Å². The van der Waals surface area contributed by atoms with E-state index < -0.39 is 0 Å². The molecule has 0 aromatic carbocycles. The molecular formula is C21H23N5O4. The Morgan fingerprint density at radius 3 is 2.47 bits per heavy atom. The van der Waals surface area contributed by atoms with Crippen LogP contribution in [0.3, 0.4) is 0 Å². The standard InChI is InChI=1S/C21H23N5O4/c1-10-7-13(12(3)28-10)15-8-14(17-11(2)25-29-19(17)23-15)18(27)22-9-16-24-20(30-26-16)21(4,5)6/h7-8H,9H2,1-6H3,(H,22,27). The minimum Gasteiger partial charge on any atom is -0.466 e. The molecule has 4 rings (SSSR count). The van der Waals surface area contributed by atoms with E-state index in [0.717, 1.165) is 11.3 Å². The molecular weight excluding hydrogens is 386 g/mol. The fraction of sp³-hybridized carbons (Fsp3) is 0.381. The number of aryl methyl sites for hydroxylation is 3. The van der Waals surface area contributed by atoms with Gasteiger partial charge in [-0.15, -0.1) is 0 Å². The summed E-state index contributed by atoms with van der Waals surface area (Å²) in [4.78, 5) is 21.9. The Morgan fingerprint density at radius 1 is 1.07 bits per heavy atom. The number of hydrogen-bond donors (Lipinski definition) is 1. The number of rotatable bonds is 4. The first-order valence-electron chi connectivity index (χ1n) is 9.59. The maximum atomic E-state index is 13.0. The number of pyridine rings is 1. The van der Waals surface area contributed by atoms with Gasteiger partial charge in [-0.25, -0.2) is 4.98 Å². The first-order valence-corrected chi connectivity index (χ1v) is 9.59. The molecule has 0 bridgehead atoms. The van der Waals surface area contributed by atoms with E-state index in [2.05, 4.69) is 25.6 Å². The zero-order valence-corrected chi connectivity index (χ0v) is 17.8. The lowest BCUT2D eigenvalue weighted by atomic mass is 9.97. The van der Waals surface area contributed by atoms with Crippen LogP contribution in [0.25, 0.3) is 22.4 Å².